The lowest BCUT2D eigenvalue weighted by Crippen LogP contribution is -2.33. The Bertz CT molecular complexity index is 772. The van der Waals surface area contributed by atoms with Crippen LogP contribution in [0.15, 0.2) is 53.1 Å². The number of esters is 1. The Kier molecular flexibility index (Phi) is 5.36. The van der Waals surface area contributed by atoms with Crippen LogP contribution in [0.4, 0.5) is 5.69 Å². The number of benzene rings is 1. The van der Waals surface area contributed by atoms with Gasteiger partial charge in [0.05, 0.1) is 18.7 Å². The molecule has 0 aliphatic carbocycles. The first-order valence-electron chi connectivity index (χ1n) is 8.39. The number of hydrogen-bond donors (Lipinski definition) is 1. The van der Waals surface area contributed by atoms with Gasteiger partial charge in [0.2, 0.25) is 5.91 Å². The van der Waals surface area contributed by atoms with Crippen LogP contribution in [0.5, 0.6) is 0 Å². The fourth-order valence-electron chi connectivity index (χ4n) is 2.76. The van der Waals surface area contributed by atoms with Gasteiger partial charge in [0, 0.05) is 18.7 Å². The maximum absolute atomic E-state index is 12.3. The third-order valence-electron chi connectivity index (χ3n) is 4.18. The first-order chi connectivity index (χ1) is 12.5. The highest BCUT2D eigenvalue weighted by Gasteiger charge is 2.36. The topological polar surface area (TPSA) is 88.9 Å². The highest BCUT2D eigenvalue weighted by atomic mass is 16.5. The maximum atomic E-state index is 12.3. The minimum Gasteiger partial charge on any atom is -0.467 e. The summed E-state index contributed by atoms with van der Waals surface area (Å²) in [5, 5.41) is 2.68. The van der Waals surface area contributed by atoms with Gasteiger partial charge in [0.1, 0.15) is 5.76 Å². The van der Waals surface area contributed by atoms with Crippen molar-refractivity contribution in [3.05, 3.63) is 54.5 Å². The van der Waals surface area contributed by atoms with Gasteiger partial charge in [-0.25, -0.2) is 0 Å². The molecular weight excluding hydrogens is 336 g/mol. The average Bonchev–Trinajstić information content (AvgIpc) is 3.26. The molecule has 1 aromatic carbocycles. The van der Waals surface area contributed by atoms with E-state index in [4.69, 9.17) is 9.15 Å². The summed E-state index contributed by atoms with van der Waals surface area (Å²) in [5.74, 6) is -1.02. The molecule has 0 unspecified atom stereocenters. The molecule has 2 heterocycles. The van der Waals surface area contributed by atoms with E-state index >= 15 is 0 Å². The van der Waals surface area contributed by atoms with Crippen molar-refractivity contribution in [3.63, 3.8) is 0 Å². The molecule has 7 nitrogen and oxygen atoms in total. The van der Waals surface area contributed by atoms with Crippen LogP contribution in [0, 0.1) is 5.92 Å². The molecule has 2 amide bonds. The van der Waals surface area contributed by atoms with E-state index in [2.05, 4.69) is 5.32 Å². The number of carbonyl (C=O) groups excluding carboxylic acids is 3. The molecule has 2 aromatic rings. The van der Waals surface area contributed by atoms with Gasteiger partial charge in [-0.05, 0) is 31.2 Å². The predicted molar refractivity (Wildman–Crippen MR) is 92.9 cm³/mol. The predicted octanol–water partition coefficient (Wildman–Crippen LogP) is 2.20. The van der Waals surface area contributed by atoms with Crippen molar-refractivity contribution in [2.24, 2.45) is 5.92 Å². The first kappa shape index (κ1) is 17.7. The second kappa shape index (κ2) is 7.86. The minimum absolute atomic E-state index is 0.0760. The van der Waals surface area contributed by atoms with Crippen LogP contribution < -0.4 is 5.32 Å². The second-order valence-electron chi connectivity index (χ2n) is 6.19. The Labute approximate surface area is 150 Å². The van der Waals surface area contributed by atoms with E-state index in [0.717, 1.165) is 0 Å². The van der Waals surface area contributed by atoms with Crippen LogP contribution in [-0.2, 0) is 25.7 Å². The average molecular weight is 356 g/mol. The quantitative estimate of drug-likeness (QED) is 0.802. The third kappa shape index (κ3) is 4.30. The summed E-state index contributed by atoms with van der Waals surface area (Å²) in [4.78, 5) is 38.1. The van der Waals surface area contributed by atoms with Crippen molar-refractivity contribution in [1.82, 2.24) is 4.90 Å². The number of carbonyl (C=O) groups is 3. The lowest BCUT2D eigenvalue weighted by molar-refractivity contribution is -0.157. The molecule has 0 spiro atoms. The standard InChI is InChI=1S/C19H20N2O5/c1-13(18(23)20-15-6-3-2-4-7-15)26-19(24)14-10-17(22)21(11-14)12-16-8-5-9-25-16/h2-9,13-14H,10-12H2,1H3,(H,20,23)/t13-,14-/m1/s1. The molecule has 3 rings (SSSR count). The van der Waals surface area contributed by atoms with E-state index in [0.29, 0.717) is 18.0 Å². The number of nitrogens with one attached hydrogen (secondary N) is 1. The van der Waals surface area contributed by atoms with E-state index in [1.807, 2.05) is 6.07 Å². The number of nitrogens with zero attached hydrogens (tertiary/aromatic N) is 1. The fourth-order valence-corrected chi connectivity index (χ4v) is 2.76. The van der Waals surface area contributed by atoms with Crippen molar-refractivity contribution in [2.75, 3.05) is 11.9 Å². The number of para-hydroxylation sites is 1. The number of likely N-dealkylation sites (tertiary alicyclic amines) is 1. The molecule has 0 saturated carbocycles. The highest BCUT2D eigenvalue weighted by molar-refractivity contribution is 5.95. The molecule has 136 valence electrons. The van der Waals surface area contributed by atoms with E-state index in [1.165, 1.54) is 13.2 Å². The molecule has 0 radical (unpaired) electrons. The summed E-state index contributed by atoms with van der Waals surface area (Å²) >= 11 is 0. The van der Waals surface area contributed by atoms with Gasteiger partial charge in [-0.1, -0.05) is 18.2 Å². The molecule has 26 heavy (non-hydrogen) atoms. The van der Waals surface area contributed by atoms with E-state index in [-0.39, 0.29) is 18.9 Å². The summed E-state index contributed by atoms with van der Waals surface area (Å²) in [5.41, 5.74) is 0.626. The van der Waals surface area contributed by atoms with Crippen molar-refractivity contribution in [3.8, 4) is 0 Å². The summed E-state index contributed by atoms with van der Waals surface area (Å²) in [6.07, 6.45) is 0.665. The SMILES string of the molecule is C[C@@H](OC(=O)[C@@H]1CC(=O)N(Cc2ccco2)C1)C(=O)Nc1ccccc1. The molecule has 1 saturated heterocycles. The van der Waals surface area contributed by atoms with Gasteiger partial charge in [-0.2, -0.15) is 0 Å². The van der Waals surface area contributed by atoms with Crippen molar-refractivity contribution >= 4 is 23.5 Å². The van der Waals surface area contributed by atoms with Crippen LogP contribution in [0.2, 0.25) is 0 Å². The monoisotopic (exact) mass is 356 g/mol. The Morgan fingerprint density at radius 3 is 2.73 bits per heavy atom. The third-order valence-corrected chi connectivity index (χ3v) is 4.18. The molecule has 1 aliphatic heterocycles. The molecule has 0 bridgehead atoms. The molecule has 1 aromatic heterocycles. The van der Waals surface area contributed by atoms with Gasteiger partial charge in [-0.15, -0.1) is 0 Å². The van der Waals surface area contributed by atoms with Crippen molar-refractivity contribution < 1.29 is 23.5 Å². The Hall–Kier alpha value is -3.09. The fraction of sp³-hybridized carbons (Fsp3) is 0.316. The zero-order chi connectivity index (χ0) is 18.5. The number of anilines is 1. The number of rotatable bonds is 6. The molecule has 1 fully saturated rings. The number of hydrogen-bond acceptors (Lipinski definition) is 5. The number of ether oxygens (including phenoxy) is 1. The second-order valence-corrected chi connectivity index (χ2v) is 6.19. The van der Waals surface area contributed by atoms with Gasteiger partial charge in [-0.3, -0.25) is 14.4 Å². The Balaban J connectivity index is 1.51. The molecule has 2 atom stereocenters. The minimum atomic E-state index is -0.947. The smallest absolute Gasteiger partial charge is 0.312 e. The summed E-state index contributed by atoms with van der Waals surface area (Å²) in [6, 6.07) is 12.4. The van der Waals surface area contributed by atoms with Crippen molar-refractivity contribution in [1.29, 1.82) is 0 Å². The molecular formula is C19H20N2O5. The van der Waals surface area contributed by atoms with Gasteiger partial charge >= 0.3 is 5.97 Å². The largest absolute Gasteiger partial charge is 0.467 e. The van der Waals surface area contributed by atoms with E-state index < -0.39 is 23.9 Å². The van der Waals surface area contributed by atoms with Crippen molar-refractivity contribution in [2.45, 2.75) is 26.0 Å². The maximum Gasteiger partial charge on any atom is 0.312 e. The zero-order valence-corrected chi connectivity index (χ0v) is 14.4. The summed E-state index contributed by atoms with van der Waals surface area (Å²) in [7, 11) is 0. The lowest BCUT2D eigenvalue weighted by atomic mass is 10.1. The number of amides is 2. The highest BCUT2D eigenvalue weighted by Crippen LogP contribution is 2.22. The van der Waals surface area contributed by atoms with Gasteiger partial charge in [0.25, 0.3) is 5.91 Å². The summed E-state index contributed by atoms with van der Waals surface area (Å²) < 4.78 is 10.5. The molecule has 1 N–H and O–H groups in total. The van der Waals surface area contributed by atoms with E-state index in [1.54, 1.807) is 41.3 Å². The van der Waals surface area contributed by atoms with Crippen LogP contribution in [0.25, 0.3) is 0 Å². The van der Waals surface area contributed by atoms with E-state index in [9.17, 15) is 14.4 Å². The van der Waals surface area contributed by atoms with Gasteiger partial charge in [0.15, 0.2) is 6.10 Å². The van der Waals surface area contributed by atoms with Gasteiger partial charge < -0.3 is 19.4 Å². The Morgan fingerprint density at radius 1 is 1.27 bits per heavy atom. The zero-order valence-electron chi connectivity index (χ0n) is 14.4. The molecule has 7 heteroatoms. The lowest BCUT2D eigenvalue weighted by Gasteiger charge is -2.17. The molecule has 1 aliphatic rings. The normalized spacial score (nSPS) is 17.8. The first-order valence-corrected chi connectivity index (χ1v) is 8.39. The number of furan rings is 1. The van der Waals surface area contributed by atoms with Crippen LogP contribution in [0.1, 0.15) is 19.1 Å². The Morgan fingerprint density at radius 2 is 2.04 bits per heavy atom. The summed E-state index contributed by atoms with van der Waals surface area (Å²) in [6.45, 7) is 2.08. The van der Waals surface area contributed by atoms with Crippen LogP contribution >= 0.6 is 0 Å². The van der Waals surface area contributed by atoms with Crippen LogP contribution in [0.3, 0.4) is 0 Å². The van der Waals surface area contributed by atoms with Crippen LogP contribution in [-0.4, -0.2) is 35.3 Å².